The number of benzene rings is 4. The summed E-state index contributed by atoms with van der Waals surface area (Å²) in [6.45, 7) is 2.97. The summed E-state index contributed by atoms with van der Waals surface area (Å²) in [6.07, 6.45) is -0.460. The summed E-state index contributed by atoms with van der Waals surface area (Å²) in [5.74, 6) is 1.29. The zero-order valence-electron chi connectivity index (χ0n) is 26.9. The Bertz CT molecular complexity index is 2340. The van der Waals surface area contributed by atoms with Crippen molar-refractivity contribution < 1.29 is 28.6 Å². The van der Waals surface area contributed by atoms with Crippen LogP contribution in [0.3, 0.4) is 0 Å². The van der Waals surface area contributed by atoms with E-state index < -0.39 is 18.1 Å². The van der Waals surface area contributed by atoms with Crippen LogP contribution in [0.2, 0.25) is 0 Å². The highest BCUT2D eigenvalue weighted by molar-refractivity contribution is 6.31. The zero-order valence-corrected chi connectivity index (χ0v) is 26.9. The van der Waals surface area contributed by atoms with Crippen molar-refractivity contribution in [1.29, 1.82) is 0 Å². The van der Waals surface area contributed by atoms with E-state index in [4.69, 9.17) is 23.8 Å². The van der Waals surface area contributed by atoms with Crippen LogP contribution in [0.25, 0.3) is 43.6 Å². The number of fused-ring (bicyclic) bond motifs is 13. The lowest BCUT2D eigenvalue weighted by Gasteiger charge is -2.44. The summed E-state index contributed by atoms with van der Waals surface area (Å²) in [6, 6.07) is 22.5. The highest BCUT2D eigenvalue weighted by Gasteiger charge is 2.52. The predicted octanol–water partition coefficient (Wildman–Crippen LogP) is 6.70. The third kappa shape index (κ3) is 3.57. The fourth-order valence-electron chi connectivity index (χ4n) is 8.54. The minimum Gasteiger partial charge on any atom is -0.493 e. The average molecular weight is 631 g/mol. The van der Waals surface area contributed by atoms with E-state index in [0.717, 1.165) is 66.0 Å². The normalized spacial score (nSPS) is 22.6. The van der Waals surface area contributed by atoms with Crippen LogP contribution in [0.4, 0.5) is 0 Å². The highest BCUT2D eigenvalue weighted by atomic mass is 16.6. The van der Waals surface area contributed by atoms with Gasteiger partial charge in [0.1, 0.15) is 19.4 Å². The monoisotopic (exact) mass is 630 g/mol. The molecule has 0 spiro atoms. The van der Waals surface area contributed by atoms with Crippen molar-refractivity contribution in [2.75, 3.05) is 28.4 Å². The number of aromatic nitrogens is 2. The molecular weight excluding hydrogens is 596 g/mol. The predicted molar refractivity (Wildman–Crippen MR) is 179 cm³/mol. The van der Waals surface area contributed by atoms with Crippen LogP contribution in [0.5, 0.6) is 11.5 Å². The van der Waals surface area contributed by atoms with E-state index in [1.54, 1.807) is 28.4 Å². The van der Waals surface area contributed by atoms with Gasteiger partial charge in [-0.25, -0.2) is 0 Å². The average Bonchev–Trinajstić information content (AvgIpc) is 3.70. The van der Waals surface area contributed by atoms with Gasteiger partial charge in [-0.3, -0.25) is 4.79 Å². The van der Waals surface area contributed by atoms with Crippen molar-refractivity contribution in [3.05, 3.63) is 83.4 Å². The van der Waals surface area contributed by atoms with Gasteiger partial charge in [0.25, 0.3) is 5.91 Å². The van der Waals surface area contributed by atoms with Crippen molar-refractivity contribution in [3.8, 4) is 11.5 Å². The lowest BCUT2D eigenvalue weighted by molar-refractivity contribution is -0.211. The summed E-state index contributed by atoms with van der Waals surface area (Å²) < 4.78 is 29.0. The lowest BCUT2D eigenvalue weighted by Crippen LogP contribution is -2.54. The van der Waals surface area contributed by atoms with Gasteiger partial charge in [0.2, 0.25) is 0 Å². The first-order valence-electron chi connectivity index (χ1n) is 15.7. The molecule has 5 heterocycles. The molecule has 0 saturated carbocycles. The Kier molecular flexibility index (Phi) is 5.98. The van der Waals surface area contributed by atoms with E-state index in [0.29, 0.717) is 31.0 Å². The van der Waals surface area contributed by atoms with Gasteiger partial charge in [-0.15, -0.1) is 0 Å². The second-order valence-electron chi connectivity index (χ2n) is 12.6. The zero-order chi connectivity index (χ0) is 32.2. The van der Waals surface area contributed by atoms with Crippen molar-refractivity contribution in [1.82, 2.24) is 14.0 Å². The lowest BCUT2D eigenvalue weighted by atomic mass is 9.95. The van der Waals surface area contributed by atoms with Crippen LogP contribution >= 0.6 is 0 Å². The van der Waals surface area contributed by atoms with Gasteiger partial charge in [-0.1, -0.05) is 47.6 Å². The number of rotatable bonds is 6. The summed E-state index contributed by atoms with van der Waals surface area (Å²) in [4.78, 5) is 22.0. The number of para-hydroxylation sites is 2. The molecule has 0 unspecified atom stereocenters. The molecule has 10 nitrogen and oxygen atoms in total. The Hall–Kier alpha value is -5.06. The number of carbonyl (C=O) groups excluding carboxylic acids is 1. The van der Waals surface area contributed by atoms with Crippen LogP contribution in [-0.2, 0) is 33.1 Å². The molecule has 3 aliphatic rings. The highest BCUT2D eigenvalue weighted by Crippen LogP contribution is 2.54. The van der Waals surface area contributed by atoms with Crippen molar-refractivity contribution in [3.63, 3.8) is 0 Å². The van der Waals surface area contributed by atoms with E-state index in [-0.39, 0.29) is 5.91 Å². The molecule has 47 heavy (non-hydrogen) atoms. The SMILES string of the molecule is CO/N=C1\C[C@H]2O[C@@](C)([C@@H]1OC)n1c3ccccc3c3c4c(c5c6ccccc6n2c5c31)C(=O)N(Cc1ccc(OC)c(OC)c1)C4. The number of methoxy groups -OCH3 is 3. The molecule has 2 bridgehead atoms. The van der Waals surface area contributed by atoms with Gasteiger partial charge in [-0.05, 0) is 42.3 Å². The summed E-state index contributed by atoms with van der Waals surface area (Å²) in [7, 11) is 6.50. The van der Waals surface area contributed by atoms with E-state index in [1.165, 1.54) is 0 Å². The first-order chi connectivity index (χ1) is 22.9. The molecule has 2 aromatic heterocycles. The maximum atomic E-state index is 14.7. The number of carbonyl (C=O) groups is 1. The number of hydrogen-bond donors (Lipinski definition) is 0. The van der Waals surface area contributed by atoms with E-state index >= 15 is 0 Å². The Morgan fingerprint density at radius 2 is 1.62 bits per heavy atom. The smallest absolute Gasteiger partial charge is 0.255 e. The molecule has 1 fully saturated rings. The number of hydrogen-bond acceptors (Lipinski definition) is 7. The molecule has 9 rings (SSSR count). The third-order valence-corrected chi connectivity index (χ3v) is 10.3. The standard InChI is InChI=1S/C37H34N4O6/c1-37-35(45-4)24(38-46-5)17-29(47-37)40-25-12-8-6-10-21(25)31-32-23(30-22-11-7-9-13-26(22)41(37)34(30)33(31)40)19-39(36(32)42)18-20-14-15-27(43-2)28(16-20)44-3/h6-16,29,35H,17-19H2,1-5H3/b38-24+/t29-,35-,37+/m1/s1. The molecule has 6 aromatic rings. The second kappa shape index (κ2) is 9.97. The summed E-state index contributed by atoms with van der Waals surface area (Å²) >= 11 is 0. The van der Waals surface area contributed by atoms with Crippen LogP contribution in [-0.4, -0.2) is 60.2 Å². The molecule has 10 heteroatoms. The first kappa shape index (κ1) is 28.2. The number of oxime groups is 1. The largest absolute Gasteiger partial charge is 0.493 e. The fraction of sp³-hybridized carbons (Fsp3) is 0.297. The van der Waals surface area contributed by atoms with Crippen LogP contribution in [0.1, 0.15) is 41.1 Å². The quantitative estimate of drug-likeness (QED) is 0.191. The van der Waals surface area contributed by atoms with Gasteiger partial charge in [-0.2, -0.15) is 0 Å². The van der Waals surface area contributed by atoms with Gasteiger partial charge in [0.05, 0.1) is 47.6 Å². The van der Waals surface area contributed by atoms with Gasteiger partial charge < -0.3 is 37.8 Å². The molecule has 0 aliphatic carbocycles. The van der Waals surface area contributed by atoms with Crippen LogP contribution < -0.4 is 9.47 Å². The van der Waals surface area contributed by atoms with E-state index in [1.807, 2.05) is 41.3 Å². The maximum absolute atomic E-state index is 14.7. The number of nitrogens with zero attached hydrogens (tertiary/aromatic N) is 4. The molecule has 0 N–H and O–H groups in total. The first-order valence-corrected chi connectivity index (χ1v) is 15.7. The summed E-state index contributed by atoms with van der Waals surface area (Å²) in [5, 5.41) is 8.57. The third-order valence-electron chi connectivity index (χ3n) is 10.3. The molecule has 1 saturated heterocycles. The van der Waals surface area contributed by atoms with Crippen molar-refractivity contribution in [2.45, 2.75) is 44.5 Å². The molecule has 4 aromatic carbocycles. The molecule has 1 amide bonds. The minimum atomic E-state index is -0.973. The van der Waals surface area contributed by atoms with Crippen molar-refractivity contribution >= 4 is 55.2 Å². The Labute approximate surface area is 270 Å². The molecular formula is C37H34N4O6. The van der Waals surface area contributed by atoms with Gasteiger partial charge in [0, 0.05) is 48.2 Å². The number of ether oxygens (including phenoxy) is 4. The fourth-order valence-corrected chi connectivity index (χ4v) is 8.54. The molecule has 3 aliphatic heterocycles. The van der Waals surface area contributed by atoms with Crippen LogP contribution in [0.15, 0.2) is 71.9 Å². The molecule has 0 radical (unpaired) electrons. The minimum absolute atomic E-state index is 0.00664. The maximum Gasteiger partial charge on any atom is 0.255 e. The molecule has 238 valence electrons. The topological polar surface area (TPSA) is 88.7 Å². The van der Waals surface area contributed by atoms with Gasteiger partial charge >= 0.3 is 0 Å². The molecule has 3 atom stereocenters. The van der Waals surface area contributed by atoms with Crippen LogP contribution in [0, 0.1) is 0 Å². The Morgan fingerprint density at radius 3 is 2.34 bits per heavy atom. The summed E-state index contributed by atoms with van der Waals surface area (Å²) in [5.41, 5.74) is 6.55. The second-order valence-corrected chi connectivity index (χ2v) is 12.6. The van der Waals surface area contributed by atoms with Gasteiger partial charge in [0.15, 0.2) is 17.2 Å². The van der Waals surface area contributed by atoms with E-state index in [2.05, 4.69) is 51.5 Å². The van der Waals surface area contributed by atoms with E-state index in [9.17, 15) is 4.79 Å². The Balaban J connectivity index is 1.38. The number of amides is 1. The Morgan fingerprint density at radius 1 is 0.894 bits per heavy atom. The van der Waals surface area contributed by atoms with Crippen molar-refractivity contribution in [2.24, 2.45) is 5.16 Å².